The van der Waals surface area contributed by atoms with Crippen molar-refractivity contribution in [2.45, 2.75) is 6.54 Å². The molecule has 1 aromatic heterocycles. The lowest BCUT2D eigenvalue weighted by molar-refractivity contribution is -0.122. The first-order valence-electron chi connectivity index (χ1n) is 7.23. The van der Waals surface area contributed by atoms with Crippen molar-refractivity contribution in [1.82, 2.24) is 15.1 Å². The Bertz CT molecular complexity index is 776. The monoisotopic (exact) mass is 335 g/mol. The number of ether oxygens (including phenoxy) is 2. The van der Waals surface area contributed by atoms with Crippen LogP contribution in [0.4, 0.5) is 4.39 Å². The van der Waals surface area contributed by atoms with Crippen LogP contribution >= 0.6 is 0 Å². The quantitative estimate of drug-likeness (QED) is 0.758. The fourth-order valence-corrected chi connectivity index (χ4v) is 2.02. The van der Waals surface area contributed by atoms with Crippen LogP contribution in [0.2, 0.25) is 0 Å². The average Bonchev–Trinajstić information content (AvgIpc) is 2.57. The molecule has 1 aromatic carbocycles. The van der Waals surface area contributed by atoms with E-state index in [1.807, 2.05) is 0 Å². The molecule has 0 spiro atoms. The normalized spacial score (nSPS) is 10.5. The van der Waals surface area contributed by atoms with Crippen LogP contribution in [0, 0.1) is 5.82 Å². The van der Waals surface area contributed by atoms with Crippen LogP contribution in [-0.4, -0.2) is 43.1 Å². The minimum atomic E-state index is -0.531. The summed E-state index contributed by atoms with van der Waals surface area (Å²) in [5.74, 6) is -0.535. The van der Waals surface area contributed by atoms with Crippen molar-refractivity contribution in [3.63, 3.8) is 0 Å². The second-order valence-electron chi connectivity index (χ2n) is 4.90. The van der Waals surface area contributed by atoms with Gasteiger partial charge in [0.05, 0.1) is 19.4 Å². The van der Waals surface area contributed by atoms with Gasteiger partial charge in [-0.25, -0.2) is 9.07 Å². The number of halogens is 1. The highest BCUT2D eigenvalue weighted by Gasteiger charge is 2.11. The average molecular weight is 335 g/mol. The molecule has 8 heteroatoms. The van der Waals surface area contributed by atoms with E-state index in [2.05, 4.69) is 10.4 Å². The van der Waals surface area contributed by atoms with E-state index in [0.717, 1.165) is 4.68 Å². The molecule has 7 nitrogen and oxygen atoms in total. The van der Waals surface area contributed by atoms with Gasteiger partial charge in [0.15, 0.2) is 0 Å². The van der Waals surface area contributed by atoms with Gasteiger partial charge in [-0.3, -0.25) is 9.59 Å². The molecule has 2 aromatic rings. The summed E-state index contributed by atoms with van der Waals surface area (Å²) >= 11 is 0. The van der Waals surface area contributed by atoms with E-state index in [9.17, 15) is 14.0 Å². The Kier molecular flexibility index (Phi) is 6.02. The molecular weight excluding hydrogens is 317 g/mol. The van der Waals surface area contributed by atoms with E-state index < -0.39 is 11.4 Å². The van der Waals surface area contributed by atoms with E-state index in [0.29, 0.717) is 18.9 Å². The summed E-state index contributed by atoms with van der Waals surface area (Å²) in [4.78, 5) is 23.6. The summed E-state index contributed by atoms with van der Waals surface area (Å²) in [6, 6.07) is 6.97. The number of methoxy groups -OCH3 is 2. The summed E-state index contributed by atoms with van der Waals surface area (Å²) in [6.45, 7) is 0.441. The highest BCUT2D eigenvalue weighted by Crippen LogP contribution is 2.23. The number of hydrogen-bond donors (Lipinski definition) is 1. The van der Waals surface area contributed by atoms with Crippen LogP contribution in [0.5, 0.6) is 5.75 Å². The van der Waals surface area contributed by atoms with Crippen LogP contribution < -0.4 is 15.6 Å². The molecule has 0 radical (unpaired) electrons. The van der Waals surface area contributed by atoms with Gasteiger partial charge in [0.2, 0.25) is 5.91 Å². The summed E-state index contributed by atoms with van der Waals surface area (Å²) < 4.78 is 24.9. The van der Waals surface area contributed by atoms with Crippen molar-refractivity contribution in [3.8, 4) is 17.0 Å². The smallest absolute Gasteiger partial charge is 0.267 e. The Balaban J connectivity index is 2.22. The molecule has 0 aliphatic carbocycles. The van der Waals surface area contributed by atoms with Crippen LogP contribution in [0.15, 0.2) is 35.1 Å². The number of nitrogens with one attached hydrogen (secondary N) is 1. The number of carbonyl (C=O) groups excluding carboxylic acids is 1. The topological polar surface area (TPSA) is 82.4 Å². The van der Waals surface area contributed by atoms with Crippen LogP contribution in [0.25, 0.3) is 11.3 Å². The van der Waals surface area contributed by atoms with Crippen molar-refractivity contribution in [2.24, 2.45) is 0 Å². The number of hydrogen-bond acceptors (Lipinski definition) is 5. The summed E-state index contributed by atoms with van der Waals surface area (Å²) in [5.41, 5.74) is 0.0124. The van der Waals surface area contributed by atoms with Gasteiger partial charge >= 0.3 is 0 Å². The van der Waals surface area contributed by atoms with Gasteiger partial charge < -0.3 is 14.8 Å². The molecule has 1 amide bonds. The van der Waals surface area contributed by atoms with E-state index in [-0.39, 0.29) is 23.7 Å². The van der Waals surface area contributed by atoms with Gasteiger partial charge in [0.25, 0.3) is 5.56 Å². The lowest BCUT2D eigenvalue weighted by Gasteiger charge is -2.09. The predicted octanol–water partition coefficient (Wildman–Crippen LogP) is 0.821. The molecule has 0 saturated carbocycles. The van der Waals surface area contributed by atoms with Gasteiger partial charge in [-0.05, 0) is 18.2 Å². The number of nitrogens with zero attached hydrogens (tertiary/aromatic N) is 2. The second-order valence-corrected chi connectivity index (χ2v) is 4.90. The molecule has 128 valence electrons. The number of amides is 1. The lowest BCUT2D eigenvalue weighted by atomic mass is 10.1. The number of aromatic nitrogens is 2. The molecule has 24 heavy (non-hydrogen) atoms. The molecule has 1 heterocycles. The Morgan fingerprint density at radius 2 is 2.08 bits per heavy atom. The molecule has 0 unspecified atom stereocenters. The predicted molar refractivity (Wildman–Crippen MR) is 85.3 cm³/mol. The van der Waals surface area contributed by atoms with Crippen molar-refractivity contribution in [2.75, 3.05) is 27.4 Å². The highest BCUT2D eigenvalue weighted by molar-refractivity contribution is 5.75. The molecule has 0 bridgehead atoms. The Morgan fingerprint density at radius 1 is 1.29 bits per heavy atom. The van der Waals surface area contributed by atoms with E-state index in [4.69, 9.17) is 9.47 Å². The molecule has 0 fully saturated rings. The van der Waals surface area contributed by atoms with Crippen LogP contribution in [0.1, 0.15) is 0 Å². The molecule has 1 N–H and O–H groups in total. The van der Waals surface area contributed by atoms with E-state index >= 15 is 0 Å². The van der Waals surface area contributed by atoms with E-state index in [1.54, 1.807) is 6.07 Å². The standard InChI is InChI=1S/C16H18FN3O4/c1-23-8-7-18-15(21)10-20-16(22)6-5-14(19-20)12-4-3-11(24-2)9-13(12)17/h3-6,9H,7-8,10H2,1-2H3,(H,18,21). The lowest BCUT2D eigenvalue weighted by Crippen LogP contribution is -2.35. The molecule has 0 saturated heterocycles. The third kappa shape index (κ3) is 4.39. The molecule has 0 aliphatic heterocycles. The maximum atomic E-state index is 14.1. The minimum Gasteiger partial charge on any atom is -0.497 e. The molecular formula is C16H18FN3O4. The fraction of sp³-hybridized carbons (Fsp3) is 0.312. The first-order chi connectivity index (χ1) is 11.5. The summed E-state index contributed by atoms with van der Waals surface area (Å²) in [5, 5.41) is 6.65. The maximum absolute atomic E-state index is 14.1. The zero-order chi connectivity index (χ0) is 17.5. The van der Waals surface area contributed by atoms with Crippen molar-refractivity contribution in [1.29, 1.82) is 0 Å². The van der Waals surface area contributed by atoms with Gasteiger partial charge in [0, 0.05) is 31.4 Å². The number of benzene rings is 1. The Hall–Kier alpha value is -2.74. The van der Waals surface area contributed by atoms with Crippen molar-refractivity contribution in [3.05, 3.63) is 46.5 Å². The number of carbonyl (C=O) groups is 1. The largest absolute Gasteiger partial charge is 0.497 e. The zero-order valence-corrected chi connectivity index (χ0v) is 13.4. The molecule has 0 atom stereocenters. The van der Waals surface area contributed by atoms with E-state index in [1.165, 1.54) is 38.5 Å². The first kappa shape index (κ1) is 17.6. The van der Waals surface area contributed by atoms with Crippen molar-refractivity contribution >= 4 is 5.91 Å². The molecule has 0 aliphatic rings. The minimum absolute atomic E-state index is 0.212. The fourth-order valence-electron chi connectivity index (χ4n) is 2.02. The van der Waals surface area contributed by atoms with Gasteiger partial charge in [-0.1, -0.05) is 0 Å². The summed E-state index contributed by atoms with van der Waals surface area (Å²) in [7, 11) is 2.96. The first-order valence-corrected chi connectivity index (χ1v) is 7.23. The third-order valence-corrected chi connectivity index (χ3v) is 3.24. The summed E-state index contributed by atoms with van der Waals surface area (Å²) in [6.07, 6.45) is 0. The Labute approximate surface area is 138 Å². The molecule has 2 rings (SSSR count). The number of rotatable bonds is 7. The zero-order valence-electron chi connectivity index (χ0n) is 13.4. The van der Waals surface area contributed by atoms with Crippen molar-refractivity contribution < 1.29 is 18.7 Å². The Morgan fingerprint density at radius 3 is 2.75 bits per heavy atom. The van der Waals surface area contributed by atoms with Gasteiger partial charge in [0.1, 0.15) is 18.1 Å². The second kappa shape index (κ2) is 8.21. The van der Waals surface area contributed by atoms with Gasteiger partial charge in [-0.15, -0.1) is 0 Å². The maximum Gasteiger partial charge on any atom is 0.267 e. The van der Waals surface area contributed by atoms with Crippen LogP contribution in [0.3, 0.4) is 0 Å². The third-order valence-electron chi connectivity index (χ3n) is 3.24. The van der Waals surface area contributed by atoms with Gasteiger partial charge in [-0.2, -0.15) is 5.10 Å². The highest BCUT2D eigenvalue weighted by atomic mass is 19.1. The van der Waals surface area contributed by atoms with Crippen LogP contribution in [-0.2, 0) is 16.1 Å². The SMILES string of the molecule is COCCNC(=O)Cn1nc(-c2ccc(OC)cc2F)ccc1=O.